The van der Waals surface area contributed by atoms with E-state index in [2.05, 4.69) is 15.6 Å². The topological polar surface area (TPSA) is 105 Å². The van der Waals surface area contributed by atoms with E-state index < -0.39 is 54.5 Å². The number of nitrogens with zero attached hydrogens (tertiary/aromatic N) is 2. The number of halogens is 4. The zero-order valence-corrected chi connectivity index (χ0v) is 19.3. The van der Waals surface area contributed by atoms with E-state index in [0.29, 0.717) is 6.07 Å². The molecule has 0 aliphatic heterocycles. The van der Waals surface area contributed by atoms with E-state index in [-0.39, 0.29) is 33.9 Å². The maximum atomic E-state index is 14.4. The molecule has 192 valence electrons. The Morgan fingerprint density at radius 1 is 1.05 bits per heavy atom. The van der Waals surface area contributed by atoms with Crippen LogP contribution in [0.15, 0.2) is 54.7 Å². The van der Waals surface area contributed by atoms with Gasteiger partial charge in [0, 0.05) is 24.4 Å². The summed E-state index contributed by atoms with van der Waals surface area (Å²) in [4.78, 5) is 28.6. The van der Waals surface area contributed by atoms with Gasteiger partial charge in [0.25, 0.3) is 5.91 Å². The Morgan fingerprint density at radius 3 is 2.46 bits per heavy atom. The first-order chi connectivity index (χ1) is 17.7. The van der Waals surface area contributed by atoms with Crippen LogP contribution in [0, 0.1) is 30.2 Å². The summed E-state index contributed by atoms with van der Waals surface area (Å²) in [5, 5.41) is 13.6. The van der Waals surface area contributed by atoms with Crippen molar-refractivity contribution in [3.8, 4) is 5.75 Å². The smallest absolute Gasteiger partial charge is 0.404 e. The van der Waals surface area contributed by atoms with Gasteiger partial charge in [0.15, 0.2) is 11.4 Å². The lowest BCUT2D eigenvalue weighted by atomic mass is 10.1. The minimum atomic E-state index is -1.40. The number of hydrogen-bond acceptors (Lipinski definition) is 4. The van der Waals surface area contributed by atoms with Crippen molar-refractivity contribution in [1.29, 1.82) is 0 Å². The normalized spacial score (nSPS) is 11.8. The number of aromatic nitrogens is 2. The molecular weight excluding hydrogens is 496 g/mol. The van der Waals surface area contributed by atoms with Crippen LogP contribution in [-0.2, 0) is 6.61 Å². The molecule has 0 spiro atoms. The third kappa shape index (κ3) is 5.47. The standard InChI is InChI=1S/C25H20F4N4O4/c1-13-22(24(34)32-20(11-30-25(35)36)15-8-7-14(26)10-19(15)29)33-9-3-6-21(23(33)31-13)37-12-16-17(27)4-2-5-18(16)28/h2-10,20,30H,11-12H2,1H3,(H,32,34)(H,35,36). The van der Waals surface area contributed by atoms with E-state index >= 15 is 0 Å². The quantitative estimate of drug-likeness (QED) is 0.299. The summed E-state index contributed by atoms with van der Waals surface area (Å²) in [5.41, 5.74) is 0.0392. The first kappa shape index (κ1) is 25.5. The second-order valence-corrected chi connectivity index (χ2v) is 7.98. The SMILES string of the molecule is Cc1nc2c(OCc3c(F)cccc3F)cccn2c1C(=O)NC(CNC(=O)O)c1ccc(F)cc1F. The van der Waals surface area contributed by atoms with Crippen molar-refractivity contribution in [2.24, 2.45) is 0 Å². The monoisotopic (exact) mass is 516 g/mol. The molecule has 2 amide bonds. The van der Waals surface area contributed by atoms with E-state index in [1.165, 1.54) is 35.7 Å². The highest BCUT2D eigenvalue weighted by Crippen LogP contribution is 2.25. The Hall–Kier alpha value is -4.61. The average molecular weight is 516 g/mol. The van der Waals surface area contributed by atoms with Crippen LogP contribution in [0.4, 0.5) is 22.4 Å². The molecule has 0 saturated heterocycles. The fraction of sp³-hybridized carbons (Fsp3) is 0.160. The number of ether oxygens (including phenoxy) is 1. The molecule has 2 aromatic heterocycles. The van der Waals surface area contributed by atoms with Gasteiger partial charge in [-0.05, 0) is 37.3 Å². The molecule has 0 radical (unpaired) electrons. The predicted octanol–water partition coefficient (Wildman–Crippen LogP) is 4.52. The van der Waals surface area contributed by atoms with E-state index in [1.54, 1.807) is 0 Å². The number of hydrogen-bond donors (Lipinski definition) is 3. The Labute approximate surface area is 207 Å². The second-order valence-electron chi connectivity index (χ2n) is 7.98. The van der Waals surface area contributed by atoms with Gasteiger partial charge in [0.05, 0.1) is 17.3 Å². The number of rotatable bonds is 8. The van der Waals surface area contributed by atoms with Crippen molar-refractivity contribution >= 4 is 17.6 Å². The minimum absolute atomic E-state index is 0.0281. The number of nitrogens with one attached hydrogen (secondary N) is 2. The van der Waals surface area contributed by atoms with Gasteiger partial charge in [-0.1, -0.05) is 12.1 Å². The van der Waals surface area contributed by atoms with Crippen molar-refractivity contribution in [1.82, 2.24) is 20.0 Å². The van der Waals surface area contributed by atoms with Gasteiger partial charge in [0.1, 0.15) is 35.6 Å². The first-order valence-corrected chi connectivity index (χ1v) is 10.9. The van der Waals surface area contributed by atoms with Crippen molar-refractivity contribution in [2.45, 2.75) is 19.6 Å². The van der Waals surface area contributed by atoms with Crippen LogP contribution in [0.25, 0.3) is 5.65 Å². The molecular formula is C25H20F4N4O4. The highest BCUT2D eigenvalue weighted by molar-refractivity contribution is 5.95. The Balaban J connectivity index is 1.63. The lowest BCUT2D eigenvalue weighted by Crippen LogP contribution is -2.38. The number of carboxylic acid groups (broad SMARTS) is 1. The summed E-state index contributed by atoms with van der Waals surface area (Å²) < 4.78 is 62.8. The molecule has 37 heavy (non-hydrogen) atoms. The molecule has 0 aliphatic rings. The van der Waals surface area contributed by atoms with Gasteiger partial charge < -0.3 is 20.5 Å². The number of pyridine rings is 1. The summed E-state index contributed by atoms with van der Waals surface area (Å²) >= 11 is 0. The van der Waals surface area contributed by atoms with Crippen molar-refractivity contribution in [2.75, 3.05) is 6.54 Å². The van der Waals surface area contributed by atoms with Crippen molar-refractivity contribution in [3.63, 3.8) is 0 Å². The number of imidazole rings is 1. The number of carbonyl (C=O) groups is 2. The summed E-state index contributed by atoms with van der Waals surface area (Å²) in [6, 6.07) is 8.00. The number of amides is 2. The van der Waals surface area contributed by atoms with Gasteiger partial charge in [-0.15, -0.1) is 0 Å². The fourth-order valence-corrected chi connectivity index (χ4v) is 3.80. The minimum Gasteiger partial charge on any atom is -0.485 e. The maximum absolute atomic E-state index is 14.4. The molecule has 2 aromatic carbocycles. The van der Waals surface area contributed by atoms with Gasteiger partial charge in [0.2, 0.25) is 0 Å². The maximum Gasteiger partial charge on any atom is 0.404 e. The Bertz CT molecular complexity index is 1470. The van der Waals surface area contributed by atoms with Gasteiger partial charge >= 0.3 is 6.09 Å². The molecule has 1 unspecified atom stereocenters. The van der Waals surface area contributed by atoms with E-state index in [0.717, 1.165) is 24.3 Å². The van der Waals surface area contributed by atoms with Crippen molar-refractivity contribution < 1.29 is 37.0 Å². The third-order valence-corrected chi connectivity index (χ3v) is 5.54. The van der Waals surface area contributed by atoms with Gasteiger partial charge in [-0.3, -0.25) is 9.20 Å². The van der Waals surface area contributed by atoms with Crippen LogP contribution < -0.4 is 15.4 Å². The number of fused-ring (bicyclic) bond motifs is 1. The lowest BCUT2D eigenvalue weighted by molar-refractivity contribution is 0.0927. The number of carbonyl (C=O) groups excluding carboxylic acids is 1. The summed E-state index contributed by atoms with van der Waals surface area (Å²) in [6.07, 6.45) is 0.102. The largest absolute Gasteiger partial charge is 0.485 e. The molecule has 2 heterocycles. The highest BCUT2D eigenvalue weighted by Gasteiger charge is 2.25. The highest BCUT2D eigenvalue weighted by atomic mass is 19.1. The van der Waals surface area contributed by atoms with Gasteiger partial charge in [-0.2, -0.15) is 0 Å². The fourth-order valence-electron chi connectivity index (χ4n) is 3.80. The molecule has 1 atom stereocenters. The molecule has 0 saturated carbocycles. The Kier molecular flexibility index (Phi) is 7.27. The molecule has 4 aromatic rings. The average Bonchev–Trinajstić information content (AvgIpc) is 3.18. The zero-order valence-electron chi connectivity index (χ0n) is 19.3. The van der Waals surface area contributed by atoms with E-state index in [9.17, 15) is 27.2 Å². The van der Waals surface area contributed by atoms with Gasteiger partial charge in [-0.25, -0.2) is 27.3 Å². The van der Waals surface area contributed by atoms with Crippen LogP contribution in [0.1, 0.15) is 33.4 Å². The van der Waals surface area contributed by atoms with Crippen LogP contribution in [-0.4, -0.2) is 33.0 Å². The summed E-state index contributed by atoms with van der Waals surface area (Å²) in [5.74, 6) is -3.95. The molecule has 0 aliphatic carbocycles. The molecule has 8 nitrogen and oxygen atoms in total. The van der Waals surface area contributed by atoms with Crippen molar-refractivity contribution in [3.05, 3.63) is 101 Å². The summed E-state index contributed by atoms with van der Waals surface area (Å²) in [6.45, 7) is 0.700. The zero-order chi connectivity index (χ0) is 26.7. The van der Waals surface area contributed by atoms with Crippen LogP contribution >= 0.6 is 0 Å². The molecule has 0 fully saturated rings. The predicted molar refractivity (Wildman–Crippen MR) is 123 cm³/mol. The molecule has 12 heteroatoms. The summed E-state index contributed by atoms with van der Waals surface area (Å²) in [7, 11) is 0. The molecule has 4 rings (SSSR count). The molecule has 3 N–H and O–H groups in total. The Morgan fingerprint density at radius 2 is 1.78 bits per heavy atom. The second kappa shape index (κ2) is 10.6. The van der Waals surface area contributed by atoms with E-state index in [1.807, 2.05) is 0 Å². The van der Waals surface area contributed by atoms with Crippen LogP contribution in [0.2, 0.25) is 0 Å². The third-order valence-electron chi connectivity index (χ3n) is 5.54. The first-order valence-electron chi connectivity index (χ1n) is 10.9. The van der Waals surface area contributed by atoms with Crippen LogP contribution in [0.3, 0.4) is 0 Å². The van der Waals surface area contributed by atoms with Crippen LogP contribution in [0.5, 0.6) is 5.75 Å². The molecule has 0 bridgehead atoms. The lowest BCUT2D eigenvalue weighted by Gasteiger charge is -2.20. The number of aryl methyl sites for hydroxylation is 1. The number of benzene rings is 2. The van der Waals surface area contributed by atoms with E-state index in [4.69, 9.17) is 9.84 Å².